The van der Waals surface area contributed by atoms with E-state index in [0.29, 0.717) is 5.69 Å². The first-order valence-electron chi connectivity index (χ1n) is 8.48. The van der Waals surface area contributed by atoms with Crippen LogP contribution in [0.5, 0.6) is 0 Å². The van der Waals surface area contributed by atoms with E-state index in [1.165, 1.54) is 4.31 Å². The minimum Gasteiger partial charge on any atom is -0.269 e. The molecule has 0 fully saturated rings. The van der Waals surface area contributed by atoms with Crippen LogP contribution in [0.3, 0.4) is 0 Å². The number of benzene rings is 1. The summed E-state index contributed by atoms with van der Waals surface area (Å²) in [4.78, 5) is 0. The summed E-state index contributed by atoms with van der Waals surface area (Å²) in [6.45, 7) is 9.70. The van der Waals surface area contributed by atoms with E-state index < -0.39 is 20.0 Å². The average Bonchev–Trinajstić information content (AvgIpc) is 2.49. The van der Waals surface area contributed by atoms with Crippen molar-refractivity contribution in [2.24, 2.45) is 0 Å². The summed E-state index contributed by atoms with van der Waals surface area (Å²) in [5.41, 5.74) is 2.55. The van der Waals surface area contributed by atoms with E-state index in [4.69, 9.17) is 0 Å². The molecule has 0 aliphatic carbocycles. The summed E-state index contributed by atoms with van der Waals surface area (Å²) < 4.78 is 52.0. The molecule has 1 aromatic carbocycles. The Balaban J connectivity index is 3.37. The molecule has 8 heteroatoms. The van der Waals surface area contributed by atoms with E-state index in [9.17, 15) is 16.8 Å². The van der Waals surface area contributed by atoms with Gasteiger partial charge in [0.15, 0.2) is 0 Å². The molecule has 0 aliphatic heterocycles. The number of nitrogens with zero attached hydrogens (tertiary/aromatic N) is 1. The lowest BCUT2D eigenvalue weighted by Gasteiger charge is -2.30. The van der Waals surface area contributed by atoms with Crippen molar-refractivity contribution in [2.75, 3.05) is 29.4 Å². The molecule has 1 N–H and O–H groups in total. The van der Waals surface area contributed by atoms with Crippen molar-refractivity contribution in [1.82, 2.24) is 4.72 Å². The van der Waals surface area contributed by atoms with Crippen LogP contribution in [0.1, 0.15) is 57.6 Å². The van der Waals surface area contributed by atoms with Gasteiger partial charge < -0.3 is 0 Å². The van der Waals surface area contributed by atoms with E-state index in [2.05, 4.69) is 4.72 Å². The number of para-hydroxylation sites is 1. The lowest BCUT2D eigenvalue weighted by Crippen LogP contribution is -2.39. The Bertz CT molecular complexity index is 759. The molecule has 0 saturated heterocycles. The normalized spacial score (nSPS) is 12.8. The standard InChI is InChI=1S/C17H30N2O4S2/c1-7-25(22,23)18-11-12-19(24(6,20)21)17-15(13(2)3)9-8-10-16(17)14(4)5/h8-10,13-14,18H,7,11-12H2,1-6H3. The molecule has 0 atom stereocenters. The molecule has 0 unspecified atom stereocenters. The number of nitrogens with one attached hydrogen (secondary N) is 1. The molecule has 0 amide bonds. The molecule has 6 nitrogen and oxygen atoms in total. The highest BCUT2D eigenvalue weighted by Crippen LogP contribution is 2.36. The summed E-state index contributed by atoms with van der Waals surface area (Å²) in [5.74, 6) is 0.252. The van der Waals surface area contributed by atoms with Crippen molar-refractivity contribution < 1.29 is 16.8 Å². The molecule has 0 spiro atoms. The second kappa shape index (κ2) is 8.51. The van der Waals surface area contributed by atoms with Crippen LogP contribution in [0.2, 0.25) is 0 Å². The van der Waals surface area contributed by atoms with Crippen LogP contribution in [-0.4, -0.2) is 41.9 Å². The molecule has 0 aromatic heterocycles. The van der Waals surface area contributed by atoms with E-state index in [0.717, 1.165) is 17.4 Å². The molecule has 0 aliphatic rings. The minimum atomic E-state index is -3.56. The van der Waals surface area contributed by atoms with Crippen LogP contribution in [0.25, 0.3) is 0 Å². The van der Waals surface area contributed by atoms with Gasteiger partial charge in [-0.15, -0.1) is 0 Å². The zero-order valence-electron chi connectivity index (χ0n) is 15.9. The molecule has 1 aromatic rings. The van der Waals surface area contributed by atoms with Crippen molar-refractivity contribution in [3.05, 3.63) is 29.3 Å². The average molecular weight is 391 g/mol. The molecular formula is C17H30N2O4S2. The van der Waals surface area contributed by atoms with Crippen LogP contribution in [0.4, 0.5) is 5.69 Å². The van der Waals surface area contributed by atoms with Gasteiger partial charge in [0, 0.05) is 13.1 Å². The zero-order chi connectivity index (χ0) is 19.4. The van der Waals surface area contributed by atoms with Crippen LogP contribution in [0.15, 0.2) is 18.2 Å². The maximum Gasteiger partial charge on any atom is 0.232 e. The fraction of sp³-hybridized carbons (Fsp3) is 0.647. The van der Waals surface area contributed by atoms with E-state index >= 15 is 0 Å². The summed E-state index contributed by atoms with van der Waals surface area (Å²) in [5, 5.41) is 0. The fourth-order valence-corrected chi connectivity index (χ4v) is 4.22. The van der Waals surface area contributed by atoms with E-state index in [1.54, 1.807) is 6.92 Å². The molecular weight excluding hydrogens is 360 g/mol. The number of rotatable bonds is 9. The van der Waals surface area contributed by atoms with Crippen LogP contribution in [0, 0.1) is 0 Å². The highest BCUT2D eigenvalue weighted by atomic mass is 32.2. The van der Waals surface area contributed by atoms with Gasteiger partial charge in [0.05, 0.1) is 17.7 Å². The monoisotopic (exact) mass is 390 g/mol. The largest absolute Gasteiger partial charge is 0.269 e. The zero-order valence-corrected chi connectivity index (χ0v) is 17.5. The van der Waals surface area contributed by atoms with Gasteiger partial charge in [-0.25, -0.2) is 21.6 Å². The highest BCUT2D eigenvalue weighted by molar-refractivity contribution is 7.92. The lowest BCUT2D eigenvalue weighted by molar-refractivity contribution is 0.579. The second-order valence-electron chi connectivity index (χ2n) is 6.73. The van der Waals surface area contributed by atoms with Gasteiger partial charge in [-0.1, -0.05) is 45.9 Å². The fourth-order valence-electron chi connectivity index (χ4n) is 2.65. The van der Waals surface area contributed by atoms with Crippen LogP contribution in [-0.2, 0) is 20.0 Å². The second-order valence-corrected chi connectivity index (χ2v) is 10.7. The van der Waals surface area contributed by atoms with Crippen LogP contribution >= 0.6 is 0 Å². The topological polar surface area (TPSA) is 83.6 Å². The third-order valence-electron chi connectivity index (χ3n) is 4.01. The SMILES string of the molecule is CCS(=O)(=O)NCCN(c1c(C(C)C)cccc1C(C)C)S(C)(=O)=O. The van der Waals surface area contributed by atoms with Crippen molar-refractivity contribution in [2.45, 2.75) is 46.5 Å². The van der Waals surface area contributed by atoms with Gasteiger partial charge in [0.2, 0.25) is 20.0 Å². The Morgan fingerprint density at radius 1 is 1.00 bits per heavy atom. The predicted molar refractivity (Wildman–Crippen MR) is 104 cm³/mol. The maximum atomic E-state index is 12.5. The quantitative estimate of drug-likeness (QED) is 0.702. The first-order valence-corrected chi connectivity index (χ1v) is 12.0. The Morgan fingerprint density at radius 2 is 1.48 bits per heavy atom. The Morgan fingerprint density at radius 3 is 1.84 bits per heavy atom. The van der Waals surface area contributed by atoms with Gasteiger partial charge in [-0.2, -0.15) is 0 Å². The third kappa shape index (κ3) is 5.97. The maximum absolute atomic E-state index is 12.5. The number of sulfonamides is 2. The first-order chi connectivity index (χ1) is 11.4. The molecule has 144 valence electrons. The van der Waals surface area contributed by atoms with Gasteiger partial charge in [0.25, 0.3) is 0 Å². The Hall–Kier alpha value is -1.12. The first kappa shape index (κ1) is 21.9. The Labute approximate surface area is 152 Å². The minimum absolute atomic E-state index is 0.0349. The van der Waals surface area contributed by atoms with Crippen molar-refractivity contribution in [3.63, 3.8) is 0 Å². The number of hydrogen-bond donors (Lipinski definition) is 1. The summed E-state index contributed by atoms with van der Waals surface area (Å²) in [6, 6.07) is 5.80. The van der Waals surface area contributed by atoms with E-state index in [1.807, 2.05) is 45.9 Å². The van der Waals surface area contributed by atoms with Gasteiger partial charge in [-0.3, -0.25) is 4.31 Å². The van der Waals surface area contributed by atoms with Gasteiger partial charge in [-0.05, 0) is 29.9 Å². The molecule has 1 rings (SSSR count). The van der Waals surface area contributed by atoms with Crippen molar-refractivity contribution >= 4 is 25.7 Å². The van der Waals surface area contributed by atoms with Gasteiger partial charge >= 0.3 is 0 Å². The summed E-state index contributed by atoms with van der Waals surface area (Å²) in [6.07, 6.45) is 1.16. The summed E-state index contributed by atoms with van der Waals surface area (Å²) in [7, 11) is -6.92. The Kier molecular flexibility index (Phi) is 7.46. The smallest absolute Gasteiger partial charge is 0.232 e. The number of hydrogen-bond acceptors (Lipinski definition) is 4. The molecule has 0 saturated carbocycles. The predicted octanol–water partition coefficient (Wildman–Crippen LogP) is 2.64. The van der Waals surface area contributed by atoms with E-state index in [-0.39, 0.29) is 30.7 Å². The molecule has 0 heterocycles. The van der Waals surface area contributed by atoms with Crippen molar-refractivity contribution in [1.29, 1.82) is 0 Å². The molecule has 25 heavy (non-hydrogen) atoms. The van der Waals surface area contributed by atoms with Crippen LogP contribution < -0.4 is 9.03 Å². The number of anilines is 1. The lowest BCUT2D eigenvalue weighted by atomic mass is 9.92. The molecule has 0 radical (unpaired) electrons. The third-order valence-corrected chi connectivity index (χ3v) is 6.58. The highest BCUT2D eigenvalue weighted by Gasteiger charge is 2.25. The van der Waals surface area contributed by atoms with Gasteiger partial charge in [0.1, 0.15) is 0 Å². The van der Waals surface area contributed by atoms with Crippen molar-refractivity contribution in [3.8, 4) is 0 Å². The molecule has 0 bridgehead atoms. The summed E-state index contributed by atoms with van der Waals surface area (Å²) >= 11 is 0.